The van der Waals surface area contributed by atoms with Crippen molar-refractivity contribution in [3.8, 4) is 0 Å². The molecule has 1 aromatic carbocycles. The number of hydrogen-bond acceptors (Lipinski definition) is 2. The van der Waals surface area contributed by atoms with Gasteiger partial charge in [-0.25, -0.2) is 0 Å². The summed E-state index contributed by atoms with van der Waals surface area (Å²) in [6, 6.07) is 5.59. The summed E-state index contributed by atoms with van der Waals surface area (Å²) in [5, 5.41) is 0. The van der Waals surface area contributed by atoms with Gasteiger partial charge in [0.25, 0.3) is 5.91 Å². The third-order valence-electron chi connectivity index (χ3n) is 3.87. The fourth-order valence-electron chi connectivity index (χ4n) is 2.82. The summed E-state index contributed by atoms with van der Waals surface area (Å²) >= 11 is 0. The molecule has 2 heterocycles. The van der Waals surface area contributed by atoms with E-state index in [1.54, 1.807) is 16.8 Å². The maximum atomic E-state index is 12.3. The molecule has 0 radical (unpaired) electrons. The zero-order valence-electron chi connectivity index (χ0n) is 10.6. The lowest BCUT2D eigenvalue weighted by Gasteiger charge is -2.22. The molecule has 0 N–H and O–H groups in total. The monoisotopic (exact) mass is 244 g/mol. The van der Waals surface area contributed by atoms with Crippen molar-refractivity contribution >= 4 is 11.8 Å². The fraction of sp³-hybridized carbons (Fsp3) is 0.429. The SMILES string of the molecule is Cc1ccc2c(c1)CN(C1CCN(C)C1=O)C2=O. The van der Waals surface area contributed by atoms with Crippen LogP contribution in [-0.4, -0.2) is 41.2 Å². The molecule has 0 saturated carbocycles. The normalized spacial score (nSPS) is 22.9. The van der Waals surface area contributed by atoms with Crippen molar-refractivity contribution in [2.75, 3.05) is 13.6 Å². The van der Waals surface area contributed by atoms with Gasteiger partial charge in [-0.2, -0.15) is 0 Å². The molecule has 2 amide bonds. The first-order valence-corrected chi connectivity index (χ1v) is 6.23. The third-order valence-corrected chi connectivity index (χ3v) is 3.87. The van der Waals surface area contributed by atoms with Gasteiger partial charge in [0, 0.05) is 25.7 Å². The van der Waals surface area contributed by atoms with Crippen LogP contribution in [0.2, 0.25) is 0 Å². The van der Waals surface area contributed by atoms with Crippen LogP contribution in [0.4, 0.5) is 0 Å². The van der Waals surface area contributed by atoms with E-state index in [4.69, 9.17) is 0 Å². The summed E-state index contributed by atoms with van der Waals surface area (Å²) in [5.74, 6) is 0.0616. The van der Waals surface area contributed by atoms with Crippen molar-refractivity contribution in [2.45, 2.75) is 25.9 Å². The lowest BCUT2D eigenvalue weighted by atomic mass is 10.1. The summed E-state index contributed by atoms with van der Waals surface area (Å²) in [6.07, 6.45) is 0.744. The zero-order valence-corrected chi connectivity index (χ0v) is 10.6. The van der Waals surface area contributed by atoms with Crippen LogP contribution < -0.4 is 0 Å². The molecular formula is C14H16N2O2. The summed E-state index contributed by atoms with van der Waals surface area (Å²) in [6.45, 7) is 3.32. The lowest BCUT2D eigenvalue weighted by molar-refractivity contribution is -0.130. The molecule has 4 nitrogen and oxygen atoms in total. The molecule has 0 spiro atoms. The molecule has 1 fully saturated rings. The highest BCUT2D eigenvalue weighted by molar-refractivity contribution is 6.01. The largest absolute Gasteiger partial charge is 0.344 e. The van der Waals surface area contributed by atoms with Gasteiger partial charge < -0.3 is 9.80 Å². The number of likely N-dealkylation sites (tertiary alicyclic amines) is 1. The Bertz CT molecular complexity index is 539. The van der Waals surface area contributed by atoms with E-state index >= 15 is 0 Å². The van der Waals surface area contributed by atoms with Crippen LogP contribution in [0.15, 0.2) is 18.2 Å². The standard InChI is InChI=1S/C14H16N2O2/c1-9-3-4-11-10(7-9)8-16(13(11)17)12-5-6-15(2)14(12)18/h3-4,7,12H,5-6,8H2,1-2H3. The quantitative estimate of drug-likeness (QED) is 0.744. The van der Waals surface area contributed by atoms with Gasteiger partial charge in [-0.1, -0.05) is 17.7 Å². The van der Waals surface area contributed by atoms with Crippen molar-refractivity contribution < 1.29 is 9.59 Å². The number of carbonyl (C=O) groups is 2. The number of aryl methyl sites for hydroxylation is 1. The van der Waals surface area contributed by atoms with Gasteiger partial charge in [-0.15, -0.1) is 0 Å². The van der Waals surface area contributed by atoms with Crippen LogP contribution in [0.5, 0.6) is 0 Å². The van der Waals surface area contributed by atoms with Crippen LogP contribution in [0.25, 0.3) is 0 Å². The van der Waals surface area contributed by atoms with Crippen LogP contribution in [-0.2, 0) is 11.3 Å². The first-order valence-electron chi connectivity index (χ1n) is 6.23. The molecule has 94 valence electrons. The van der Waals surface area contributed by atoms with Crippen molar-refractivity contribution in [3.63, 3.8) is 0 Å². The van der Waals surface area contributed by atoms with E-state index in [2.05, 4.69) is 0 Å². The van der Waals surface area contributed by atoms with Gasteiger partial charge in [-0.05, 0) is 25.0 Å². The summed E-state index contributed by atoms with van der Waals surface area (Å²) in [7, 11) is 1.79. The van der Waals surface area contributed by atoms with Crippen molar-refractivity contribution in [3.05, 3.63) is 34.9 Å². The summed E-state index contributed by atoms with van der Waals surface area (Å²) in [5.41, 5.74) is 2.95. The second kappa shape index (κ2) is 3.83. The predicted octanol–water partition coefficient (Wildman–Crippen LogP) is 1.18. The van der Waals surface area contributed by atoms with Crippen LogP contribution in [0.1, 0.15) is 27.9 Å². The molecular weight excluding hydrogens is 228 g/mol. The first-order chi connectivity index (χ1) is 8.58. The molecule has 2 aliphatic heterocycles. The molecule has 1 unspecified atom stereocenters. The Morgan fingerprint density at radius 3 is 2.72 bits per heavy atom. The fourth-order valence-corrected chi connectivity index (χ4v) is 2.82. The van der Waals surface area contributed by atoms with Gasteiger partial charge in [0.2, 0.25) is 5.91 Å². The molecule has 0 aromatic heterocycles. The zero-order chi connectivity index (χ0) is 12.9. The lowest BCUT2D eigenvalue weighted by Crippen LogP contribution is -2.41. The topological polar surface area (TPSA) is 40.6 Å². The Kier molecular flexibility index (Phi) is 2.40. The maximum Gasteiger partial charge on any atom is 0.255 e. The van der Waals surface area contributed by atoms with Crippen molar-refractivity contribution in [1.29, 1.82) is 0 Å². The number of nitrogens with zero attached hydrogens (tertiary/aromatic N) is 2. The Labute approximate surface area is 106 Å². The Balaban J connectivity index is 1.91. The Morgan fingerprint density at radius 1 is 1.28 bits per heavy atom. The second-order valence-electron chi connectivity index (χ2n) is 5.16. The summed E-state index contributed by atoms with van der Waals surface area (Å²) < 4.78 is 0. The minimum atomic E-state index is -0.268. The number of likely N-dealkylation sites (N-methyl/N-ethyl adjacent to an activating group) is 1. The smallest absolute Gasteiger partial charge is 0.255 e. The van der Waals surface area contributed by atoms with E-state index in [1.165, 1.54) is 0 Å². The third kappa shape index (κ3) is 1.52. The maximum absolute atomic E-state index is 12.3. The van der Waals surface area contributed by atoms with Gasteiger partial charge in [0.05, 0.1) is 0 Å². The average molecular weight is 244 g/mol. The Hall–Kier alpha value is -1.84. The molecule has 1 aromatic rings. The van der Waals surface area contributed by atoms with Crippen LogP contribution in [0.3, 0.4) is 0 Å². The van der Waals surface area contributed by atoms with E-state index < -0.39 is 0 Å². The van der Waals surface area contributed by atoms with Gasteiger partial charge in [0.1, 0.15) is 6.04 Å². The highest BCUT2D eigenvalue weighted by Gasteiger charge is 2.40. The average Bonchev–Trinajstić information content (AvgIpc) is 2.82. The number of hydrogen-bond donors (Lipinski definition) is 0. The van der Waals surface area contributed by atoms with E-state index in [-0.39, 0.29) is 17.9 Å². The Morgan fingerprint density at radius 2 is 2.06 bits per heavy atom. The van der Waals surface area contributed by atoms with Crippen molar-refractivity contribution in [1.82, 2.24) is 9.80 Å². The molecule has 2 aliphatic rings. The van der Waals surface area contributed by atoms with E-state index in [0.29, 0.717) is 6.54 Å². The molecule has 0 bridgehead atoms. The van der Waals surface area contributed by atoms with E-state index in [0.717, 1.165) is 29.7 Å². The van der Waals surface area contributed by atoms with Gasteiger partial charge >= 0.3 is 0 Å². The second-order valence-corrected chi connectivity index (χ2v) is 5.16. The minimum absolute atomic E-state index is 0.00125. The minimum Gasteiger partial charge on any atom is -0.344 e. The molecule has 4 heteroatoms. The molecule has 18 heavy (non-hydrogen) atoms. The number of rotatable bonds is 1. The number of fused-ring (bicyclic) bond motifs is 1. The highest BCUT2D eigenvalue weighted by Crippen LogP contribution is 2.28. The summed E-state index contributed by atoms with van der Waals surface area (Å²) in [4.78, 5) is 27.7. The molecule has 3 rings (SSSR count). The molecule has 0 aliphatic carbocycles. The number of benzene rings is 1. The van der Waals surface area contributed by atoms with Crippen LogP contribution >= 0.6 is 0 Å². The first kappa shape index (κ1) is 11.3. The van der Waals surface area contributed by atoms with Crippen molar-refractivity contribution in [2.24, 2.45) is 0 Å². The van der Waals surface area contributed by atoms with Crippen LogP contribution in [0, 0.1) is 6.92 Å². The molecule has 1 atom stereocenters. The van der Waals surface area contributed by atoms with E-state index in [9.17, 15) is 9.59 Å². The number of amides is 2. The molecule has 1 saturated heterocycles. The van der Waals surface area contributed by atoms with E-state index in [1.807, 2.05) is 25.1 Å². The van der Waals surface area contributed by atoms with Gasteiger partial charge in [0.15, 0.2) is 0 Å². The highest BCUT2D eigenvalue weighted by atomic mass is 16.2. The number of carbonyl (C=O) groups excluding carboxylic acids is 2. The van der Waals surface area contributed by atoms with Gasteiger partial charge in [-0.3, -0.25) is 9.59 Å². The predicted molar refractivity (Wildman–Crippen MR) is 67.1 cm³/mol.